The van der Waals surface area contributed by atoms with E-state index in [1.807, 2.05) is 43.3 Å². The van der Waals surface area contributed by atoms with E-state index in [0.29, 0.717) is 18.8 Å². The van der Waals surface area contributed by atoms with Crippen molar-refractivity contribution in [2.75, 3.05) is 6.61 Å². The first kappa shape index (κ1) is 17.4. The largest absolute Gasteiger partial charge is 0.488 e. The van der Waals surface area contributed by atoms with Crippen molar-refractivity contribution in [2.24, 2.45) is 5.41 Å². The van der Waals surface area contributed by atoms with E-state index < -0.39 is 0 Å². The molecule has 0 bridgehead atoms. The molecule has 0 saturated heterocycles. The molecule has 1 heterocycles. The van der Waals surface area contributed by atoms with Gasteiger partial charge in [-0.1, -0.05) is 37.3 Å². The van der Waals surface area contributed by atoms with Gasteiger partial charge < -0.3 is 9.47 Å². The number of nitrogens with zero attached hydrogens (tertiary/aromatic N) is 1. The Labute approximate surface area is 159 Å². The van der Waals surface area contributed by atoms with Gasteiger partial charge in [0.1, 0.15) is 12.4 Å². The number of para-hydroxylation sites is 1. The number of hydrogen-bond acceptors (Lipinski definition) is 4. The van der Waals surface area contributed by atoms with E-state index in [-0.39, 0.29) is 11.4 Å². The first-order chi connectivity index (χ1) is 13.2. The van der Waals surface area contributed by atoms with Gasteiger partial charge in [-0.2, -0.15) is 5.26 Å². The monoisotopic (exact) mass is 359 g/mol. The van der Waals surface area contributed by atoms with E-state index in [1.54, 1.807) is 6.07 Å². The van der Waals surface area contributed by atoms with Crippen molar-refractivity contribution in [1.82, 2.24) is 0 Å². The van der Waals surface area contributed by atoms with Crippen LogP contribution in [0.3, 0.4) is 0 Å². The summed E-state index contributed by atoms with van der Waals surface area (Å²) in [5, 5.41) is 9.57. The molecule has 0 unspecified atom stereocenters. The van der Waals surface area contributed by atoms with E-state index in [9.17, 15) is 10.1 Å². The van der Waals surface area contributed by atoms with Crippen LogP contribution in [0.25, 0.3) is 5.57 Å². The van der Waals surface area contributed by atoms with Crippen LogP contribution in [0, 0.1) is 16.7 Å². The molecule has 4 nitrogen and oxygen atoms in total. The summed E-state index contributed by atoms with van der Waals surface area (Å²) in [6, 6.07) is 15.9. The maximum Gasteiger partial charge on any atom is 0.338 e. The molecule has 0 atom stereocenters. The first-order valence-corrected chi connectivity index (χ1v) is 9.32. The maximum atomic E-state index is 12.2. The minimum absolute atomic E-state index is 0.317. The number of esters is 1. The van der Waals surface area contributed by atoms with Gasteiger partial charge in [0.15, 0.2) is 0 Å². The van der Waals surface area contributed by atoms with Gasteiger partial charge in [0.2, 0.25) is 0 Å². The van der Waals surface area contributed by atoms with Crippen molar-refractivity contribution < 1.29 is 14.3 Å². The number of ether oxygens (including phenoxy) is 2. The number of carbonyl (C=O) groups excluding carboxylic acids is 1. The van der Waals surface area contributed by atoms with Crippen molar-refractivity contribution in [3.63, 3.8) is 0 Å². The Morgan fingerprint density at radius 1 is 1.26 bits per heavy atom. The smallest absolute Gasteiger partial charge is 0.338 e. The minimum atomic E-state index is -0.386. The summed E-state index contributed by atoms with van der Waals surface area (Å²) in [6.07, 6.45) is 4.63. The maximum absolute atomic E-state index is 12.2. The van der Waals surface area contributed by atoms with Gasteiger partial charge in [-0.05, 0) is 54.2 Å². The molecule has 136 valence electrons. The number of benzene rings is 2. The SMILES string of the molecule is CCCOC(=O)c1ccc2c(c1)COc1ccccc1/C2=C\C1(C#N)CC1. The van der Waals surface area contributed by atoms with Gasteiger partial charge in [0.05, 0.1) is 23.7 Å². The summed E-state index contributed by atoms with van der Waals surface area (Å²) < 4.78 is 11.3. The lowest BCUT2D eigenvalue weighted by Crippen LogP contribution is -2.08. The predicted octanol–water partition coefficient (Wildman–Crippen LogP) is 4.88. The van der Waals surface area contributed by atoms with Crippen molar-refractivity contribution in [1.29, 1.82) is 5.26 Å². The normalized spacial score (nSPS) is 17.7. The number of allylic oxidation sites excluding steroid dienone is 1. The Bertz CT molecular complexity index is 964. The van der Waals surface area contributed by atoms with E-state index >= 15 is 0 Å². The molecule has 2 aromatic carbocycles. The molecule has 4 heteroatoms. The molecule has 0 amide bonds. The zero-order valence-electron chi connectivity index (χ0n) is 15.3. The topological polar surface area (TPSA) is 59.3 Å². The first-order valence-electron chi connectivity index (χ1n) is 9.32. The molecule has 2 aliphatic rings. The lowest BCUT2D eigenvalue weighted by atomic mass is 9.90. The molecule has 2 aromatic rings. The summed E-state index contributed by atoms with van der Waals surface area (Å²) in [5.74, 6) is 0.478. The Balaban J connectivity index is 1.80. The third kappa shape index (κ3) is 3.33. The van der Waals surface area contributed by atoms with Gasteiger partial charge in [-0.3, -0.25) is 0 Å². The second-order valence-corrected chi connectivity index (χ2v) is 7.12. The molecular weight excluding hydrogens is 338 g/mol. The van der Waals surface area contributed by atoms with Gasteiger partial charge in [-0.15, -0.1) is 0 Å². The van der Waals surface area contributed by atoms with E-state index in [1.165, 1.54) is 0 Å². The van der Waals surface area contributed by atoms with E-state index in [4.69, 9.17) is 9.47 Å². The quantitative estimate of drug-likeness (QED) is 0.730. The highest BCUT2D eigenvalue weighted by molar-refractivity contribution is 5.92. The second kappa shape index (κ2) is 6.92. The summed E-state index contributed by atoms with van der Waals surface area (Å²) in [6.45, 7) is 2.75. The molecule has 0 radical (unpaired) electrons. The van der Waals surface area contributed by atoms with Gasteiger partial charge in [-0.25, -0.2) is 4.79 Å². The van der Waals surface area contributed by atoms with Gasteiger partial charge in [0, 0.05) is 5.56 Å². The molecule has 0 spiro atoms. The fraction of sp³-hybridized carbons (Fsp3) is 0.304. The molecule has 0 N–H and O–H groups in total. The highest BCUT2D eigenvalue weighted by Crippen LogP contribution is 2.50. The molecule has 4 rings (SSSR count). The van der Waals surface area contributed by atoms with Crippen molar-refractivity contribution in [2.45, 2.75) is 32.8 Å². The van der Waals surface area contributed by atoms with E-state index in [0.717, 1.165) is 47.3 Å². The Morgan fingerprint density at radius 3 is 2.81 bits per heavy atom. The zero-order valence-corrected chi connectivity index (χ0v) is 15.3. The molecule has 27 heavy (non-hydrogen) atoms. The van der Waals surface area contributed by atoms with Crippen molar-refractivity contribution in [3.05, 3.63) is 70.8 Å². The fourth-order valence-electron chi connectivity index (χ4n) is 3.35. The zero-order chi connectivity index (χ0) is 18.9. The summed E-state index contributed by atoms with van der Waals surface area (Å²) in [4.78, 5) is 12.2. The third-order valence-corrected chi connectivity index (χ3v) is 5.06. The lowest BCUT2D eigenvalue weighted by Gasteiger charge is -2.13. The number of nitriles is 1. The van der Waals surface area contributed by atoms with Gasteiger partial charge >= 0.3 is 5.97 Å². The molecule has 1 fully saturated rings. The van der Waals surface area contributed by atoms with Crippen molar-refractivity contribution >= 4 is 11.5 Å². The summed E-state index contributed by atoms with van der Waals surface area (Å²) >= 11 is 0. The molecule has 1 aliphatic heterocycles. The molecular formula is C23H21NO3. The fourth-order valence-corrected chi connectivity index (χ4v) is 3.35. The molecule has 1 saturated carbocycles. The van der Waals surface area contributed by atoms with Crippen LogP contribution in [-0.2, 0) is 11.3 Å². The highest BCUT2D eigenvalue weighted by atomic mass is 16.5. The summed E-state index contributed by atoms with van der Waals surface area (Å²) in [7, 11) is 0. The van der Waals surface area contributed by atoms with Crippen molar-refractivity contribution in [3.8, 4) is 11.8 Å². The van der Waals surface area contributed by atoms with Crippen LogP contribution in [0.5, 0.6) is 5.75 Å². The molecule has 0 aromatic heterocycles. The lowest BCUT2D eigenvalue weighted by molar-refractivity contribution is 0.0505. The molecule has 1 aliphatic carbocycles. The van der Waals surface area contributed by atoms with Crippen LogP contribution in [0.15, 0.2) is 48.5 Å². The Kier molecular flexibility index (Phi) is 4.45. The van der Waals surface area contributed by atoms with E-state index in [2.05, 4.69) is 12.1 Å². The van der Waals surface area contributed by atoms with Gasteiger partial charge in [0.25, 0.3) is 0 Å². The number of carbonyl (C=O) groups is 1. The Morgan fingerprint density at radius 2 is 2.07 bits per heavy atom. The summed E-state index contributed by atoms with van der Waals surface area (Å²) in [5.41, 5.74) is 4.07. The average molecular weight is 359 g/mol. The minimum Gasteiger partial charge on any atom is -0.488 e. The van der Waals surface area contributed by atoms with Crippen LogP contribution in [0.1, 0.15) is 53.2 Å². The van der Waals surface area contributed by atoms with Crippen LogP contribution < -0.4 is 4.74 Å². The van der Waals surface area contributed by atoms with Crippen LogP contribution in [0.4, 0.5) is 0 Å². The second-order valence-electron chi connectivity index (χ2n) is 7.12. The average Bonchev–Trinajstić information content (AvgIpc) is 3.50. The number of hydrogen-bond donors (Lipinski definition) is 0. The number of rotatable bonds is 4. The highest BCUT2D eigenvalue weighted by Gasteiger charge is 2.42. The van der Waals surface area contributed by atoms with Crippen LogP contribution in [-0.4, -0.2) is 12.6 Å². The van der Waals surface area contributed by atoms with Crippen LogP contribution >= 0.6 is 0 Å². The predicted molar refractivity (Wildman–Crippen MR) is 102 cm³/mol. The van der Waals surface area contributed by atoms with Crippen LogP contribution in [0.2, 0.25) is 0 Å². The standard InChI is InChI=1S/C23H21NO3/c1-2-11-26-22(25)16-7-8-18-17(12-16)14-27-21-6-4-3-5-19(21)20(18)13-23(15-24)9-10-23/h3-8,12-13H,2,9-11,14H2,1H3/b20-13-. The number of fused-ring (bicyclic) bond motifs is 2. The Hall–Kier alpha value is -3.06. The third-order valence-electron chi connectivity index (χ3n) is 5.06.